The number of nitrogens with zero attached hydrogens (tertiary/aromatic N) is 1. The molecule has 1 aromatic rings. The normalized spacial score (nSPS) is 15.5. The minimum Gasteiger partial charge on any atom is -0.299 e. The van der Waals surface area contributed by atoms with Crippen molar-refractivity contribution in [2.24, 2.45) is 5.92 Å². The summed E-state index contributed by atoms with van der Waals surface area (Å²) in [4.78, 5) is 2.62. The molecule has 0 aromatic heterocycles. The van der Waals surface area contributed by atoms with Crippen molar-refractivity contribution in [3.63, 3.8) is 0 Å². The second-order valence-electron chi connectivity index (χ2n) is 5.35. The van der Waals surface area contributed by atoms with Crippen molar-refractivity contribution >= 4 is 0 Å². The van der Waals surface area contributed by atoms with Gasteiger partial charge >= 0.3 is 0 Å². The van der Waals surface area contributed by atoms with E-state index < -0.39 is 0 Å². The van der Waals surface area contributed by atoms with E-state index >= 15 is 0 Å². The molecule has 0 bridgehead atoms. The Morgan fingerprint density at radius 3 is 2.24 bits per heavy atom. The molecule has 0 heterocycles. The van der Waals surface area contributed by atoms with Crippen LogP contribution < -0.4 is 0 Å². The highest BCUT2D eigenvalue weighted by Gasteiger charge is 2.23. The van der Waals surface area contributed by atoms with Crippen LogP contribution in [-0.4, -0.2) is 18.0 Å². The summed E-state index contributed by atoms with van der Waals surface area (Å²) in [5, 5.41) is 0. The predicted molar refractivity (Wildman–Crippen MR) is 74.1 cm³/mol. The SMILES string of the molecule is CCCN(Cc1ccc(CC)cc1)CC1CC1. The standard InChI is InChI=1S/C16H25N/c1-3-11-17(13-16-9-10-16)12-15-7-5-14(4-2)6-8-15/h5-8,16H,3-4,9-13H2,1-2H3. The Hall–Kier alpha value is -0.820. The lowest BCUT2D eigenvalue weighted by Gasteiger charge is -2.21. The quantitative estimate of drug-likeness (QED) is 0.688. The molecule has 94 valence electrons. The van der Waals surface area contributed by atoms with Gasteiger partial charge in [-0.15, -0.1) is 0 Å². The molecular weight excluding hydrogens is 206 g/mol. The number of hydrogen-bond donors (Lipinski definition) is 0. The first-order valence-electron chi connectivity index (χ1n) is 7.12. The van der Waals surface area contributed by atoms with E-state index in [2.05, 4.69) is 43.0 Å². The third-order valence-electron chi connectivity index (χ3n) is 3.59. The monoisotopic (exact) mass is 231 g/mol. The van der Waals surface area contributed by atoms with Gasteiger partial charge in [0.1, 0.15) is 0 Å². The first-order chi connectivity index (χ1) is 8.31. The Morgan fingerprint density at radius 1 is 1.06 bits per heavy atom. The van der Waals surface area contributed by atoms with Gasteiger partial charge in [0.15, 0.2) is 0 Å². The molecule has 1 aliphatic rings. The van der Waals surface area contributed by atoms with Crippen LogP contribution in [0.25, 0.3) is 0 Å². The van der Waals surface area contributed by atoms with Crippen molar-refractivity contribution in [1.29, 1.82) is 0 Å². The van der Waals surface area contributed by atoms with Gasteiger partial charge in [0.25, 0.3) is 0 Å². The topological polar surface area (TPSA) is 3.24 Å². The Bertz CT molecular complexity index is 324. The fourth-order valence-electron chi connectivity index (χ4n) is 2.36. The average molecular weight is 231 g/mol. The van der Waals surface area contributed by atoms with E-state index in [9.17, 15) is 0 Å². The van der Waals surface area contributed by atoms with Crippen LogP contribution in [0.15, 0.2) is 24.3 Å². The Balaban J connectivity index is 1.90. The first-order valence-corrected chi connectivity index (χ1v) is 7.12. The van der Waals surface area contributed by atoms with Gasteiger partial charge in [-0.25, -0.2) is 0 Å². The number of rotatable bonds is 7. The van der Waals surface area contributed by atoms with Crippen LogP contribution in [0.2, 0.25) is 0 Å². The Morgan fingerprint density at radius 2 is 1.71 bits per heavy atom. The van der Waals surface area contributed by atoms with E-state index in [0.29, 0.717) is 0 Å². The van der Waals surface area contributed by atoms with Crippen molar-refractivity contribution < 1.29 is 0 Å². The minimum atomic E-state index is 0.997. The zero-order chi connectivity index (χ0) is 12.1. The molecule has 1 aromatic carbocycles. The summed E-state index contributed by atoms with van der Waals surface area (Å²) in [7, 11) is 0. The van der Waals surface area contributed by atoms with Crippen LogP contribution in [0.5, 0.6) is 0 Å². The smallest absolute Gasteiger partial charge is 0.0233 e. The zero-order valence-corrected chi connectivity index (χ0v) is 11.3. The largest absolute Gasteiger partial charge is 0.299 e. The fourth-order valence-corrected chi connectivity index (χ4v) is 2.36. The molecule has 1 heteroatoms. The van der Waals surface area contributed by atoms with Crippen LogP contribution >= 0.6 is 0 Å². The van der Waals surface area contributed by atoms with Crippen LogP contribution in [0.1, 0.15) is 44.2 Å². The molecular formula is C16H25N. The minimum absolute atomic E-state index is 0.997. The Labute approximate surface area is 106 Å². The molecule has 0 radical (unpaired) electrons. The van der Waals surface area contributed by atoms with Gasteiger partial charge in [-0.1, -0.05) is 38.1 Å². The van der Waals surface area contributed by atoms with Crippen molar-refractivity contribution in [2.75, 3.05) is 13.1 Å². The van der Waals surface area contributed by atoms with E-state index in [-0.39, 0.29) is 0 Å². The molecule has 1 aliphatic carbocycles. The van der Waals surface area contributed by atoms with Crippen molar-refractivity contribution in [1.82, 2.24) is 4.90 Å². The highest BCUT2D eigenvalue weighted by atomic mass is 15.1. The molecule has 0 spiro atoms. The van der Waals surface area contributed by atoms with Gasteiger partial charge in [0, 0.05) is 13.1 Å². The molecule has 0 atom stereocenters. The summed E-state index contributed by atoms with van der Waals surface area (Å²) in [5.74, 6) is 0.997. The van der Waals surface area contributed by atoms with Crippen molar-refractivity contribution in [3.05, 3.63) is 35.4 Å². The number of benzene rings is 1. The zero-order valence-electron chi connectivity index (χ0n) is 11.3. The van der Waals surface area contributed by atoms with Crippen LogP contribution in [0.4, 0.5) is 0 Å². The Kier molecular flexibility index (Phi) is 4.61. The lowest BCUT2D eigenvalue weighted by atomic mass is 10.1. The van der Waals surface area contributed by atoms with E-state index in [0.717, 1.165) is 18.9 Å². The third kappa shape index (κ3) is 4.16. The van der Waals surface area contributed by atoms with Crippen molar-refractivity contribution in [2.45, 2.75) is 46.1 Å². The molecule has 2 rings (SSSR count). The summed E-state index contributed by atoms with van der Waals surface area (Å²) in [6, 6.07) is 9.15. The molecule has 1 nitrogen and oxygen atoms in total. The van der Waals surface area contributed by atoms with Gasteiger partial charge in [-0.3, -0.25) is 4.90 Å². The van der Waals surface area contributed by atoms with Gasteiger partial charge in [0.05, 0.1) is 0 Å². The summed E-state index contributed by atoms with van der Waals surface area (Å²) in [6.45, 7) is 8.18. The van der Waals surface area contributed by atoms with Crippen LogP contribution in [0, 0.1) is 5.92 Å². The lowest BCUT2D eigenvalue weighted by Crippen LogP contribution is -2.26. The van der Waals surface area contributed by atoms with E-state index in [1.807, 2.05) is 0 Å². The number of hydrogen-bond acceptors (Lipinski definition) is 1. The molecule has 0 unspecified atom stereocenters. The van der Waals surface area contributed by atoms with Crippen LogP contribution in [-0.2, 0) is 13.0 Å². The van der Waals surface area contributed by atoms with E-state index in [1.54, 1.807) is 0 Å². The summed E-state index contributed by atoms with van der Waals surface area (Å²) >= 11 is 0. The predicted octanol–water partition coefficient (Wildman–Crippen LogP) is 3.87. The van der Waals surface area contributed by atoms with Gasteiger partial charge in [0.2, 0.25) is 0 Å². The van der Waals surface area contributed by atoms with E-state index in [4.69, 9.17) is 0 Å². The second-order valence-corrected chi connectivity index (χ2v) is 5.35. The average Bonchev–Trinajstić information content (AvgIpc) is 3.14. The molecule has 0 amide bonds. The highest BCUT2D eigenvalue weighted by Crippen LogP contribution is 2.30. The highest BCUT2D eigenvalue weighted by molar-refractivity contribution is 5.22. The maximum atomic E-state index is 2.62. The van der Waals surface area contributed by atoms with Gasteiger partial charge < -0.3 is 0 Å². The first kappa shape index (κ1) is 12.6. The van der Waals surface area contributed by atoms with Gasteiger partial charge in [-0.2, -0.15) is 0 Å². The van der Waals surface area contributed by atoms with Gasteiger partial charge in [-0.05, 0) is 49.3 Å². The summed E-state index contributed by atoms with van der Waals surface area (Å²) < 4.78 is 0. The number of aryl methyl sites for hydroxylation is 1. The molecule has 0 saturated heterocycles. The lowest BCUT2D eigenvalue weighted by molar-refractivity contribution is 0.255. The maximum Gasteiger partial charge on any atom is 0.0233 e. The maximum absolute atomic E-state index is 2.62. The van der Waals surface area contributed by atoms with E-state index in [1.165, 1.54) is 43.5 Å². The molecule has 0 aliphatic heterocycles. The summed E-state index contributed by atoms with van der Waals surface area (Å²) in [5.41, 5.74) is 2.91. The molecule has 17 heavy (non-hydrogen) atoms. The fraction of sp³-hybridized carbons (Fsp3) is 0.625. The molecule has 1 fully saturated rings. The third-order valence-corrected chi connectivity index (χ3v) is 3.59. The van der Waals surface area contributed by atoms with Crippen LogP contribution in [0.3, 0.4) is 0 Å². The second kappa shape index (κ2) is 6.20. The molecule has 1 saturated carbocycles. The molecule has 0 N–H and O–H groups in total. The van der Waals surface area contributed by atoms with Crippen molar-refractivity contribution in [3.8, 4) is 0 Å². The summed E-state index contributed by atoms with van der Waals surface area (Å²) in [6.07, 6.45) is 5.31.